The van der Waals surface area contributed by atoms with Crippen LogP contribution in [0, 0.1) is 0 Å². The molecule has 0 bridgehead atoms. The van der Waals surface area contributed by atoms with Gasteiger partial charge in [-0.15, -0.1) is 0 Å². The van der Waals surface area contributed by atoms with Crippen molar-refractivity contribution in [3.05, 3.63) is 133 Å². The van der Waals surface area contributed by atoms with Crippen LogP contribution in [0.5, 0.6) is 23.0 Å². The van der Waals surface area contributed by atoms with E-state index in [-0.39, 0.29) is 6.71 Å². The van der Waals surface area contributed by atoms with Crippen molar-refractivity contribution in [2.45, 2.75) is 0 Å². The van der Waals surface area contributed by atoms with Crippen molar-refractivity contribution in [1.82, 2.24) is 4.57 Å². The summed E-state index contributed by atoms with van der Waals surface area (Å²) >= 11 is 0. The second-order valence-corrected chi connectivity index (χ2v) is 10.5. The zero-order valence-corrected chi connectivity index (χ0v) is 21.5. The molecule has 0 radical (unpaired) electrons. The fourth-order valence-corrected chi connectivity index (χ4v) is 6.63. The highest BCUT2D eigenvalue weighted by Crippen LogP contribution is 2.41. The number of para-hydroxylation sites is 4. The lowest BCUT2D eigenvalue weighted by molar-refractivity contribution is 0.465. The van der Waals surface area contributed by atoms with Crippen molar-refractivity contribution in [3.63, 3.8) is 0 Å². The molecule has 0 spiro atoms. The fraction of sp³-hybridized carbons (Fsp3) is 0. The van der Waals surface area contributed by atoms with Crippen LogP contribution in [-0.4, -0.2) is 11.3 Å². The van der Waals surface area contributed by atoms with Gasteiger partial charge < -0.3 is 14.0 Å². The molecule has 1 aromatic heterocycles. The zero-order chi connectivity index (χ0) is 26.2. The molecule has 6 aromatic carbocycles. The molecule has 0 atom stereocenters. The summed E-state index contributed by atoms with van der Waals surface area (Å²) < 4.78 is 15.5. The Balaban J connectivity index is 1.27. The van der Waals surface area contributed by atoms with Gasteiger partial charge in [0.15, 0.2) is 0 Å². The average Bonchev–Trinajstić information content (AvgIpc) is 3.35. The Morgan fingerprint density at radius 3 is 1.85 bits per heavy atom. The Hall–Kier alpha value is -5.22. The molecule has 9 rings (SSSR count). The maximum absolute atomic E-state index is 6.71. The first kappa shape index (κ1) is 21.7. The number of nitrogens with zero attached hydrogens (tertiary/aromatic N) is 1. The number of hydrogen-bond acceptors (Lipinski definition) is 2. The van der Waals surface area contributed by atoms with E-state index in [0.29, 0.717) is 0 Å². The predicted molar refractivity (Wildman–Crippen MR) is 164 cm³/mol. The molecule has 0 unspecified atom stereocenters. The zero-order valence-electron chi connectivity index (χ0n) is 21.5. The van der Waals surface area contributed by atoms with Gasteiger partial charge in [0, 0.05) is 27.5 Å². The first-order valence-electron chi connectivity index (χ1n) is 13.6. The van der Waals surface area contributed by atoms with E-state index in [0.717, 1.165) is 45.3 Å². The molecule has 4 heteroatoms. The highest BCUT2D eigenvalue weighted by atomic mass is 16.5. The summed E-state index contributed by atoms with van der Waals surface area (Å²) in [5, 5.41) is 2.51. The Kier molecular flexibility index (Phi) is 4.41. The van der Waals surface area contributed by atoms with Crippen molar-refractivity contribution >= 4 is 44.9 Å². The molecular weight excluding hydrogens is 489 g/mol. The number of benzene rings is 6. The maximum atomic E-state index is 6.71. The molecular formula is C36H22BNO2. The molecule has 3 nitrogen and oxygen atoms in total. The smallest absolute Gasteiger partial charge is 0.260 e. The minimum absolute atomic E-state index is 0.0559. The predicted octanol–water partition coefficient (Wildman–Crippen LogP) is 7.18. The molecule has 2 aliphatic heterocycles. The van der Waals surface area contributed by atoms with Crippen LogP contribution in [0.25, 0.3) is 38.6 Å². The third-order valence-electron chi connectivity index (χ3n) is 8.33. The van der Waals surface area contributed by atoms with E-state index in [2.05, 4.69) is 126 Å². The van der Waals surface area contributed by atoms with Crippen molar-refractivity contribution in [2.75, 3.05) is 0 Å². The second-order valence-electron chi connectivity index (χ2n) is 10.5. The van der Waals surface area contributed by atoms with Gasteiger partial charge in [-0.3, -0.25) is 0 Å². The Bertz CT molecular complexity index is 2080. The quantitative estimate of drug-likeness (QED) is 0.230. The minimum Gasteiger partial charge on any atom is -0.458 e. The van der Waals surface area contributed by atoms with Gasteiger partial charge in [-0.1, -0.05) is 84.9 Å². The third-order valence-corrected chi connectivity index (χ3v) is 8.33. The number of hydrogen-bond donors (Lipinski definition) is 0. The van der Waals surface area contributed by atoms with Crippen molar-refractivity contribution in [2.24, 2.45) is 0 Å². The summed E-state index contributed by atoms with van der Waals surface area (Å²) in [4.78, 5) is 0. The first-order valence-corrected chi connectivity index (χ1v) is 13.6. The van der Waals surface area contributed by atoms with E-state index < -0.39 is 0 Å². The lowest BCUT2D eigenvalue weighted by Gasteiger charge is -2.34. The van der Waals surface area contributed by atoms with Crippen LogP contribution in [-0.2, 0) is 0 Å². The van der Waals surface area contributed by atoms with Gasteiger partial charge >= 0.3 is 0 Å². The largest absolute Gasteiger partial charge is 0.458 e. The standard InChI is InChI=1S/C36H22BNO2/c1-5-16-30-26(12-1)27-13-2-6-17-31(27)38(30)24-11-9-10-23(22-24)25-20-21-34-35-36(25)40-33-19-8-4-15-29(33)37(35)28-14-3-7-18-32(28)39-34/h1-22H. The number of fused-ring (bicyclic) bond motifs is 7. The number of aromatic nitrogens is 1. The molecule has 0 aliphatic carbocycles. The number of ether oxygens (including phenoxy) is 2. The Morgan fingerprint density at radius 2 is 1.12 bits per heavy atom. The molecule has 7 aromatic rings. The summed E-state index contributed by atoms with van der Waals surface area (Å²) in [5.74, 6) is 3.53. The van der Waals surface area contributed by atoms with Gasteiger partial charge in [-0.25, -0.2) is 0 Å². The Labute approximate surface area is 231 Å². The van der Waals surface area contributed by atoms with Crippen LogP contribution in [0.1, 0.15) is 0 Å². The first-order chi connectivity index (χ1) is 19.8. The topological polar surface area (TPSA) is 23.4 Å². The Morgan fingerprint density at radius 1 is 0.500 bits per heavy atom. The van der Waals surface area contributed by atoms with Gasteiger partial charge in [0.25, 0.3) is 6.71 Å². The van der Waals surface area contributed by atoms with Crippen LogP contribution in [0.2, 0.25) is 0 Å². The average molecular weight is 511 g/mol. The van der Waals surface area contributed by atoms with Crippen LogP contribution in [0.15, 0.2) is 133 Å². The molecule has 0 amide bonds. The van der Waals surface area contributed by atoms with Crippen molar-refractivity contribution in [3.8, 4) is 39.8 Å². The summed E-state index contributed by atoms with van der Waals surface area (Å²) in [5.41, 5.74) is 9.11. The summed E-state index contributed by atoms with van der Waals surface area (Å²) in [6, 6.07) is 47.0. The molecule has 3 heterocycles. The van der Waals surface area contributed by atoms with Crippen molar-refractivity contribution in [1.29, 1.82) is 0 Å². The maximum Gasteiger partial charge on any atom is 0.260 e. The summed E-state index contributed by atoms with van der Waals surface area (Å²) in [6.07, 6.45) is 0. The molecule has 0 fully saturated rings. The van der Waals surface area contributed by atoms with Gasteiger partial charge in [-0.2, -0.15) is 0 Å². The highest BCUT2D eigenvalue weighted by molar-refractivity contribution is 6.98. The second kappa shape index (κ2) is 8.14. The number of rotatable bonds is 2. The van der Waals surface area contributed by atoms with Gasteiger partial charge in [0.05, 0.1) is 11.0 Å². The van der Waals surface area contributed by atoms with Crippen molar-refractivity contribution < 1.29 is 9.47 Å². The van der Waals surface area contributed by atoms with Gasteiger partial charge in [0.1, 0.15) is 23.0 Å². The molecule has 0 N–H and O–H groups in total. The van der Waals surface area contributed by atoms with E-state index in [1.807, 2.05) is 12.1 Å². The SMILES string of the molecule is c1cc(-c2ccc3c4c2Oc2ccccc2B4c2ccccc2O3)cc(-n2c3ccccc3c3ccccc32)c1. The van der Waals surface area contributed by atoms with Crippen LogP contribution >= 0.6 is 0 Å². The van der Waals surface area contributed by atoms with E-state index in [1.165, 1.54) is 32.7 Å². The van der Waals surface area contributed by atoms with Gasteiger partial charge in [0.2, 0.25) is 0 Å². The lowest BCUT2D eigenvalue weighted by Crippen LogP contribution is -2.57. The molecule has 0 saturated carbocycles. The third kappa shape index (κ3) is 2.96. The van der Waals surface area contributed by atoms with E-state index >= 15 is 0 Å². The normalized spacial score (nSPS) is 12.8. The van der Waals surface area contributed by atoms with Crippen LogP contribution < -0.4 is 25.9 Å². The van der Waals surface area contributed by atoms with E-state index in [1.54, 1.807) is 0 Å². The fourth-order valence-electron chi connectivity index (χ4n) is 6.63. The van der Waals surface area contributed by atoms with Crippen LogP contribution in [0.4, 0.5) is 0 Å². The monoisotopic (exact) mass is 511 g/mol. The summed E-state index contributed by atoms with van der Waals surface area (Å²) in [7, 11) is 0. The highest BCUT2D eigenvalue weighted by Gasteiger charge is 2.40. The van der Waals surface area contributed by atoms with E-state index in [4.69, 9.17) is 9.47 Å². The lowest BCUT2D eigenvalue weighted by atomic mass is 9.34. The van der Waals surface area contributed by atoms with Gasteiger partial charge in [-0.05, 0) is 65.0 Å². The molecule has 186 valence electrons. The molecule has 2 aliphatic rings. The van der Waals surface area contributed by atoms with E-state index in [9.17, 15) is 0 Å². The summed E-state index contributed by atoms with van der Waals surface area (Å²) in [6.45, 7) is 0.0559. The molecule has 40 heavy (non-hydrogen) atoms. The molecule has 0 saturated heterocycles. The minimum atomic E-state index is 0.0559. The van der Waals surface area contributed by atoms with Crippen LogP contribution in [0.3, 0.4) is 0 Å².